The minimum Gasteiger partial charge on any atom is -0.486 e. The second kappa shape index (κ2) is 4.33. The Morgan fingerprint density at radius 3 is 3.05 bits per heavy atom. The molecular formula is C17H18O4. The Balaban J connectivity index is 1.63. The van der Waals surface area contributed by atoms with Gasteiger partial charge >= 0.3 is 5.97 Å². The van der Waals surface area contributed by atoms with E-state index in [-0.39, 0.29) is 23.6 Å². The van der Waals surface area contributed by atoms with Gasteiger partial charge in [-0.05, 0) is 37.8 Å². The molecule has 21 heavy (non-hydrogen) atoms. The summed E-state index contributed by atoms with van der Waals surface area (Å²) in [7, 11) is 0. The molecule has 0 unspecified atom stereocenters. The van der Waals surface area contributed by atoms with Crippen molar-refractivity contribution in [1.82, 2.24) is 0 Å². The number of fused-ring (bicyclic) bond motifs is 3. The highest BCUT2D eigenvalue weighted by molar-refractivity contribution is 6.00. The van der Waals surface area contributed by atoms with Gasteiger partial charge in [-0.1, -0.05) is 12.1 Å². The second-order valence-corrected chi connectivity index (χ2v) is 6.27. The maximum absolute atomic E-state index is 12.4. The van der Waals surface area contributed by atoms with Gasteiger partial charge in [-0.25, -0.2) is 0 Å². The molecule has 2 aliphatic carbocycles. The molecule has 4 atom stereocenters. The first-order chi connectivity index (χ1) is 10.2. The van der Waals surface area contributed by atoms with Gasteiger partial charge in [-0.15, -0.1) is 0 Å². The summed E-state index contributed by atoms with van der Waals surface area (Å²) in [6.45, 7) is 2.23. The van der Waals surface area contributed by atoms with Gasteiger partial charge in [0.2, 0.25) is 0 Å². The smallest absolute Gasteiger partial charge is 0.309 e. The highest BCUT2D eigenvalue weighted by Crippen LogP contribution is 2.65. The summed E-state index contributed by atoms with van der Waals surface area (Å²) in [4.78, 5) is 24.4. The van der Waals surface area contributed by atoms with Crippen LogP contribution in [0.1, 0.15) is 36.5 Å². The van der Waals surface area contributed by atoms with E-state index in [1.807, 2.05) is 31.2 Å². The number of Topliss-reactive ketones (excluding diaryl/α,β-unsaturated/α-hetero) is 1. The van der Waals surface area contributed by atoms with E-state index >= 15 is 0 Å². The summed E-state index contributed by atoms with van der Waals surface area (Å²) in [5.74, 6) is 1.09. The fourth-order valence-corrected chi connectivity index (χ4v) is 4.32. The fourth-order valence-electron chi connectivity index (χ4n) is 4.32. The molecule has 2 fully saturated rings. The molecule has 4 nitrogen and oxygen atoms in total. The lowest BCUT2D eigenvalue weighted by molar-refractivity contribution is -0.146. The van der Waals surface area contributed by atoms with Crippen molar-refractivity contribution < 1.29 is 19.1 Å². The molecule has 0 saturated heterocycles. The van der Waals surface area contributed by atoms with Crippen LogP contribution in [0.15, 0.2) is 24.3 Å². The topological polar surface area (TPSA) is 52.6 Å². The van der Waals surface area contributed by atoms with Gasteiger partial charge in [0.05, 0.1) is 24.5 Å². The summed E-state index contributed by atoms with van der Waals surface area (Å²) in [5.41, 5.74) is 0.188. The van der Waals surface area contributed by atoms with Gasteiger partial charge in [0.25, 0.3) is 0 Å². The maximum atomic E-state index is 12.4. The molecule has 3 aliphatic rings. The number of para-hydroxylation sites is 1. The van der Waals surface area contributed by atoms with Crippen molar-refractivity contribution in [2.75, 3.05) is 6.61 Å². The van der Waals surface area contributed by atoms with Crippen molar-refractivity contribution in [3.05, 3.63) is 29.8 Å². The SMILES string of the molecule is CCOC(=O)[C@@H]1[C@@H]2CC[C@]3(CC(=O)c4ccccc4O3)[C@@H]21. The van der Waals surface area contributed by atoms with Crippen molar-refractivity contribution >= 4 is 11.8 Å². The zero-order valence-electron chi connectivity index (χ0n) is 12.0. The predicted molar refractivity (Wildman–Crippen MR) is 75.1 cm³/mol. The Bertz CT molecular complexity index is 623. The second-order valence-electron chi connectivity index (χ2n) is 6.27. The molecular weight excluding hydrogens is 268 g/mol. The van der Waals surface area contributed by atoms with Crippen LogP contribution >= 0.6 is 0 Å². The van der Waals surface area contributed by atoms with Crippen molar-refractivity contribution in [2.45, 2.75) is 31.8 Å². The molecule has 1 aromatic rings. The third-order valence-electron chi connectivity index (χ3n) is 5.20. The monoisotopic (exact) mass is 286 g/mol. The molecule has 1 aromatic carbocycles. The molecule has 1 heterocycles. The predicted octanol–water partition coefficient (Wildman–Crippen LogP) is 2.61. The zero-order valence-corrected chi connectivity index (χ0v) is 12.0. The number of ether oxygens (including phenoxy) is 2. The van der Waals surface area contributed by atoms with Crippen LogP contribution in [0, 0.1) is 17.8 Å². The molecule has 1 spiro atoms. The summed E-state index contributed by atoms with van der Waals surface area (Å²) in [5, 5.41) is 0. The molecule has 0 N–H and O–H groups in total. The van der Waals surface area contributed by atoms with E-state index in [0.29, 0.717) is 30.3 Å². The van der Waals surface area contributed by atoms with E-state index in [2.05, 4.69) is 0 Å². The number of ketones is 1. The van der Waals surface area contributed by atoms with Gasteiger partial charge in [0.15, 0.2) is 5.78 Å². The van der Waals surface area contributed by atoms with Crippen molar-refractivity contribution in [3.8, 4) is 5.75 Å². The average Bonchev–Trinajstić information content (AvgIpc) is 3.12. The average molecular weight is 286 g/mol. The van der Waals surface area contributed by atoms with Crippen molar-refractivity contribution in [3.63, 3.8) is 0 Å². The molecule has 0 radical (unpaired) electrons. The Labute approximate surface area is 123 Å². The summed E-state index contributed by atoms with van der Waals surface area (Å²) < 4.78 is 11.4. The molecule has 110 valence electrons. The molecule has 4 rings (SSSR count). The van der Waals surface area contributed by atoms with Gasteiger partial charge < -0.3 is 9.47 Å². The third-order valence-corrected chi connectivity index (χ3v) is 5.20. The van der Waals surface area contributed by atoms with E-state index < -0.39 is 5.60 Å². The third kappa shape index (κ3) is 1.74. The fraction of sp³-hybridized carbons (Fsp3) is 0.529. The van der Waals surface area contributed by atoms with Crippen LogP contribution in [-0.4, -0.2) is 24.0 Å². The number of hydrogen-bond donors (Lipinski definition) is 0. The zero-order chi connectivity index (χ0) is 14.6. The van der Waals surface area contributed by atoms with Crippen molar-refractivity contribution in [2.24, 2.45) is 17.8 Å². The van der Waals surface area contributed by atoms with Crippen LogP contribution in [0.2, 0.25) is 0 Å². The van der Waals surface area contributed by atoms with Gasteiger partial charge in [0, 0.05) is 5.92 Å². The Hall–Kier alpha value is -1.84. The van der Waals surface area contributed by atoms with Crippen molar-refractivity contribution in [1.29, 1.82) is 0 Å². The first-order valence-corrected chi connectivity index (χ1v) is 7.64. The van der Waals surface area contributed by atoms with E-state index in [1.165, 1.54) is 0 Å². The Morgan fingerprint density at radius 2 is 2.24 bits per heavy atom. The Kier molecular flexibility index (Phi) is 2.65. The standard InChI is InChI=1S/C17H18O4/c1-2-20-16(19)14-11-7-8-17(15(11)14)9-12(18)10-5-3-4-6-13(10)21-17/h3-6,11,14-15H,2,7-9H2,1H3/t11-,14+,15-,17-/m0/s1. The normalized spacial score (nSPS) is 35.9. The molecule has 0 amide bonds. The van der Waals surface area contributed by atoms with Gasteiger partial charge in [-0.2, -0.15) is 0 Å². The molecule has 2 saturated carbocycles. The quantitative estimate of drug-likeness (QED) is 0.784. The number of hydrogen-bond acceptors (Lipinski definition) is 4. The summed E-state index contributed by atoms with van der Waals surface area (Å²) in [6, 6.07) is 7.40. The number of esters is 1. The van der Waals surface area contributed by atoms with Crippen LogP contribution in [-0.2, 0) is 9.53 Å². The number of carbonyl (C=O) groups excluding carboxylic acids is 2. The number of benzene rings is 1. The summed E-state index contributed by atoms with van der Waals surface area (Å²) >= 11 is 0. The summed E-state index contributed by atoms with van der Waals surface area (Å²) in [6.07, 6.45) is 2.20. The van der Waals surface area contributed by atoms with E-state index in [4.69, 9.17) is 9.47 Å². The minimum absolute atomic E-state index is 0.0724. The lowest BCUT2D eigenvalue weighted by Crippen LogP contribution is -2.43. The van der Waals surface area contributed by atoms with E-state index in [1.54, 1.807) is 0 Å². The molecule has 0 aromatic heterocycles. The molecule has 1 aliphatic heterocycles. The van der Waals surface area contributed by atoms with Gasteiger partial charge in [0.1, 0.15) is 11.4 Å². The first-order valence-electron chi connectivity index (χ1n) is 7.64. The number of rotatable bonds is 2. The molecule has 0 bridgehead atoms. The number of carbonyl (C=O) groups is 2. The highest BCUT2D eigenvalue weighted by atomic mass is 16.5. The lowest BCUT2D eigenvalue weighted by atomic mass is 9.84. The largest absolute Gasteiger partial charge is 0.486 e. The van der Waals surface area contributed by atoms with Crippen LogP contribution in [0.4, 0.5) is 0 Å². The van der Waals surface area contributed by atoms with E-state index in [0.717, 1.165) is 12.8 Å². The first kappa shape index (κ1) is 12.9. The Morgan fingerprint density at radius 1 is 1.43 bits per heavy atom. The van der Waals surface area contributed by atoms with Gasteiger partial charge in [-0.3, -0.25) is 9.59 Å². The lowest BCUT2D eigenvalue weighted by Gasteiger charge is -2.36. The maximum Gasteiger partial charge on any atom is 0.309 e. The molecule has 4 heteroatoms. The van der Waals surface area contributed by atoms with E-state index in [9.17, 15) is 9.59 Å². The highest BCUT2D eigenvalue weighted by Gasteiger charge is 2.71. The minimum atomic E-state index is -0.479. The van der Waals surface area contributed by atoms with Crippen LogP contribution in [0.5, 0.6) is 5.75 Å². The van der Waals surface area contributed by atoms with Crippen LogP contribution < -0.4 is 4.74 Å². The van der Waals surface area contributed by atoms with Crippen LogP contribution in [0.3, 0.4) is 0 Å². The van der Waals surface area contributed by atoms with Crippen LogP contribution in [0.25, 0.3) is 0 Å².